The smallest absolute Gasteiger partial charge is 0.550 e. The van der Waals surface area contributed by atoms with Crippen LogP contribution < -0.4 is 80.0 Å². The van der Waals surface area contributed by atoms with E-state index in [1.807, 2.05) is 9.80 Å². The first-order valence-corrected chi connectivity index (χ1v) is 14.7. The SMILES string of the molecule is CCCCCCCC(=O)NCCN(CCC(=O)[O-])CCN(CCNC(=O)CCCCCCC)CCC(=O)[O-].[Na+].[Na+]. The molecule has 2 N–H and O–H groups in total. The van der Waals surface area contributed by atoms with E-state index in [-0.39, 0.29) is 96.9 Å². The average Bonchev–Trinajstić information content (AvgIpc) is 2.87. The van der Waals surface area contributed by atoms with E-state index in [2.05, 4.69) is 24.5 Å². The summed E-state index contributed by atoms with van der Waals surface area (Å²) in [7, 11) is 0. The van der Waals surface area contributed by atoms with Gasteiger partial charge in [-0.15, -0.1) is 0 Å². The number of amides is 2. The van der Waals surface area contributed by atoms with Gasteiger partial charge < -0.3 is 30.4 Å². The van der Waals surface area contributed by atoms with E-state index in [0.717, 1.165) is 51.4 Å². The topological polar surface area (TPSA) is 145 Å². The molecule has 0 radical (unpaired) electrons. The van der Waals surface area contributed by atoms with Crippen LogP contribution in [0.25, 0.3) is 0 Å². The number of carbonyl (C=O) groups excluding carboxylic acids is 4. The fraction of sp³-hybridized carbons (Fsp3) is 0.857. The quantitative estimate of drug-likeness (QED) is 0.0718. The summed E-state index contributed by atoms with van der Waals surface area (Å²) in [6.07, 6.45) is 11.5. The van der Waals surface area contributed by atoms with Crippen molar-refractivity contribution in [1.82, 2.24) is 20.4 Å². The number of carboxylic acid groups (broad SMARTS) is 2. The number of hydrogen-bond acceptors (Lipinski definition) is 8. The largest absolute Gasteiger partial charge is 1.00 e. The predicted molar refractivity (Wildman–Crippen MR) is 145 cm³/mol. The second kappa shape index (κ2) is 31.7. The number of carbonyl (C=O) groups is 4. The van der Waals surface area contributed by atoms with Crippen molar-refractivity contribution in [3.8, 4) is 0 Å². The third-order valence-corrected chi connectivity index (χ3v) is 6.51. The summed E-state index contributed by atoms with van der Waals surface area (Å²) in [5.41, 5.74) is 0. The van der Waals surface area contributed by atoms with Crippen molar-refractivity contribution < 1.29 is 88.5 Å². The first kappa shape index (κ1) is 44.2. The van der Waals surface area contributed by atoms with Crippen LogP contribution >= 0.6 is 0 Å². The molecule has 0 unspecified atom stereocenters. The summed E-state index contributed by atoms with van der Waals surface area (Å²) in [6.45, 7) is 7.64. The Morgan fingerprint density at radius 3 is 1.18 bits per heavy atom. The Kier molecular flexibility index (Phi) is 35.1. The zero-order chi connectivity index (χ0) is 28.4. The van der Waals surface area contributed by atoms with Gasteiger partial charge in [-0.05, 0) is 25.7 Å². The monoisotopic (exact) mass is 586 g/mol. The molecule has 0 aliphatic heterocycles. The molecule has 0 rings (SSSR count). The van der Waals surface area contributed by atoms with Gasteiger partial charge in [-0.1, -0.05) is 65.2 Å². The maximum Gasteiger partial charge on any atom is 1.00 e. The molecule has 0 aromatic heterocycles. The molecule has 0 fully saturated rings. The Bertz CT molecular complexity index is 604. The van der Waals surface area contributed by atoms with Gasteiger partial charge in [-0.2, -0.15) is 0 Å². The van der Waals surface area contributed by atoms with Crippen LogP contribution in [0.3, 0.4) is 0 Å². The number of aliphatic carboxylic acids is 2. The Labute approximate surface area is 286 Å². The van der Waals surface area contributed by atoms with E-state index in [4.69, 9.17) is 0 Å². The summed E-state index contributed by atoms with van der Waals surface area (Å²) in [6, 6.07) is 0. The van der Waals surface area contributed by atoms with Gasteiger partial charge in [0.2, 0.25) is 11.8 Å². The number of rotatable bonds is 27. The van der Waals surface area contributed by atoms with Gasteiger partial charge in [0, 0.05) is 77.1 Å². The van der Waals surface area contributed by atoms with Gasteiger partial charge in [-0.3, -0.25) is 19.4 Å². The maximum atomic E-state index is 12.1. The van der Waals surface area contributed by atoms with E-state index in [9.17, 15) is 29.4 Å². The molecule has 2 amide bonds. The van der Waals surface area contributed by atoms with E-state index in [1.54, 1.807) is 0 Å². The first-order chi connectivity index (χ1) is 18.3. The Balaban J connectivity index is -0.00000684. The molecule has 40 heavy (non-hydrogen) atoms. The molecule has 0 aliphatic carbocycles. The predicted octanol–water partition coefficient (Wildman–Crippen LogP) is -5.17. The molecular weight excluding hydrogens is 534 g/mol. The fourth-order valence-electron chi connectivity index (χ4n) is 4.11. The van der Waals surface area contributed by atoms with Crippen molar-refractivity contribution in [3.05, 3.63) is 0 Å². The van der Waals surface area contributed by atoms with Crippen LogP contribution in [0, 0.1) is 0 Å². The van der Waals surface area contributed by atoms with Crippen molar-refractivity contribution in [2.45, 2.75) is 104 Å². The zero-order valence-corrected chi connectivity index (χ0v) is 29.9. The van der Waals surface area contributed by atoms with Crippen LogP contribution in [-0.4, -0.2) is 85.9 Å². The fourth-order valence-corrected chi connectivity index (χ4v) is 4.11. The summed E-state index contributed by atoms with van der Waals surface area (Å²) < 4.78 is 0. The summed E-state index contributed by atoms with van der Waals surface area (Å²) in [4.78, 5) is 50.0. The molecule has 10 nitrogen and oxygen atoms in total. The molecule has 222 valence electrons. The van der Waals surface area contributed by atoms with Crippen molar-refractivity contribution in [2.24, 2.45) is 0 Å². The van der Waals surface area contributed by atoms with Crippen LogP contribution in [0.15, 0.2) is 0 Å². The van der Waals surface area contributed by atoms with E-state index in [1.165, 1.54) is 12.8 Å². The molecule has 0 atom stereocenters. The Morgan fingerprint density at radius 2 is 0.850 bits per heavy atom. The van der Waals surface area contributed by atoms with Gasteiger partial charge in [0.15, 0.2) is 0 Å². The minimum absolute atomic E-state index is 0. The van der Waals surface area contributed by atoms with E-state index < -0.39 is 11.9 Å². The zero-order valence-electron chi connectivity index (χ0n) is 25.9. The van der Waals surface area contributed by atoms with Crippen molar-refractivity contribution in [1.29, 1.82) is 0 Å². The van der Waals surface area contributed by atoms with Gasteiger partial charge >= 0.3 is 59.1 Å². The number of hydrogen-bond donors (Lipinski definition) is 2. The van der Waals surface area contributed by atoms with Crippen LogP contribution in [0.1, 0.15) is 104 Å². The van der Waals surface area contributed by atoms with Crippen molar-refractivity contribution >= 4 is 23.8 Å². The Hall–Kier alpha value is -0.200. The second-order valence-corrected chi connectivity index (χ2v) is 9.96. The molecule has 0 bridgehead atoms. The molecule has 12 heteroatoms. The summed E-state index contributed by atoms with van der Waals surface area (Å²) >= 11 is 0. The minimum Gasteiger partial charge on any atom is -0.550 e. The van der Waals surface area contributed by atoms with Crippen LogP contribution in [-0.2, 0) is 19.2 Å². The third-order valence-electron chi connectivity index (χ3n) is 6.51. The number of unbranched alkanes of at least 4 members (excludes halogenated alkanes) is 8. The van der Waals surface area contributed by atoms with Gasteiger partial charge in [-0.25, -0.2) is 0 Å². The molecule has 0 heterocycles. The third kappa shape index (κ3) is 30.8. The summed E-state index contributed by atoms with van der Waals surface area (Å²) in [5, 5.41) is 27.8. The van der Waals surface area contributed by atoms with Crippen molar-refractivity contribution in [3.63, 3.8) is 0 Å². The number of nitrogens with zero attached hydrogens (tertiary/aromatic N) is 2. The Morgan fingerprint density at radius 1 is 0.500 bits per heavy atom. The number of carboxylic acids is 2. The normalized spacial score (nSPS) is 10.6. The molecule has 0 spiro atoms. The van der Waals surface area contributed by atoms with Crippen molar-refractivity contribution in [2.75, 3.05) is 52.4 Å². The molecule has 0 saturated carbocycles. The molecular formula is C28H52N4Na2O6. The standard InChI is InChI=1S/C28H54N4O6.2Na/c1-3-5-7-9-11-13-25(33)29-17-21-31(19-15-27(35)36)23-24-32(20-16-28(37)38)22-18-30-26(34)14-12-10-8-6-4-2;;/h3-24H2,1-2H3,(H,29,33)(H,30,34)(H,35,36)(H,37,38);;/q;2*+1/p-2. The van der Waals surface area contributed by atoms with E-state index >= 15 is 0 Å². The van der Waals surface area contributed by atoms with E-state index in [0.29, 0.717) is 52.1 Å². The van der Waals surface area contributed by atoms with Crippen LogP contribution in [0.4, 0.5) is 0 Å². The van der Waals surface area contributed by atoms with Gasteiger partial charge in [0.05, 0.1) is 0 Å². The molecule has 0 aromatic carbocycles. The molecule has 0 aromatic rings. The average molecular weight is 587 g/mol. The van der Waals surface area contributed by atoms with Gasteiger partial charge in [0.25, 0.3) is 0 Å². The van der Waals surface area contributed by atoms with Crippen LogP contribution in [0.5, 0.6) is 0 Å². The number of nitrogens with one attached hydrogen (secondary N) is 2. The summed E-state index contributed by atoms with van der Waals surface area (Å²) in [5.74, 6) is -2.29. The van der Waals surface area contributed by atoms with Crippen LogP contribution in [0.2, 0.25) is 0 Å². The molecule has 0 aliphatic rings. The van der Waals surface area contributed by atoms with Gasteiger partial charge in [0.1, 0.15) is 0 Å². The maximum absolute atomic E-state index is 12.1. The minimum atomic E-state index is -1.14. The second-order valence-electron chi connectivity index (χ2n) is 9.96. The molecule has 0 saturated heterocycles. The first-order valence-electron chi connectivity index (χ1n) is 14.7.